The number of hydrogen-bond acceptors (Lipinski definition) is 3. The number of aromatic amines is 1. The van der Waals surface area contributed by atoms with E-state index in [1.165, 1.54) is 6.26 Å². The van der Waals surface area contributed by atoms with E-state index in [9.17, 15) is 4.79 Å². The van der Waals surface area contributed by atoms with Gasteiger partial charge in [-0.15, -0.1) is 0 Å². The summed E-state index contributed by atoms with van der Waals surface area (Å²) in [6.45, 7) is 0. The van der Waals surface area contributed by atoms with Crippen LogP contribution in [0.3, 0.4) is 0 Å². The van der Waals surface area contributed by atoms with Crippen LogP contribution in [0.15, 0.2) is 39.7 Å². The molecule has 0 radical (unpaired) electrons. The number of hydrogen-bond donors (Lipinski definition) is 1. The van der Waals surface area contributed by atoms with Gasteiger partial charge in [0.15, 0.2) is 0 Å². The minimum atomic E-state index is -0.0450. The standard InChI is InChI=1S/C12H9NO3/c1-15-7-2-3-10-9(6-7)11(14)8-4-5-16-12(8)13-10/h2-6H,1H3,(H,13,14). The Morgan fingerprint density at radius 3 is 2.94 bits per heavy atom. The van der Waals surface area contributed by atoms with Crippen LogP contribution in [0, 0.1) is 0 Å². The van der Waals surface area contributed by atoms with E-state index in [1.54, 1.807) is 31.4 Å². The summed E-state index contributed by atoms with van der Waals surface area (Å²) in [5.74, 6) is 0.667. The van der Waals surface area contributed by atoms with E-state index in [0.29, 0.717) is 22.2 Å². The molecule has 3 aromatic rings. The summed E-state index contributed by atoms with van der Waals surface area (Å²) in [5.41, 5.74) is 1.20. The van der Waals surface area contributed by atoms with Gasteiger partial charge in [-0.05, 0) is 24.3 Å². The van der Waals surface area contributed by atoms with Gasteiger partial charge >= 0.3 is 0 Å². The number of benzene rings is 1. The van der Waals surface area contributed by atoms with Crippen LogP contribution in [-0.2, 0) is 0 Å². The fourth-order valence-electron chi connectivity index (χ4n) is 1.80. The molecule has 0 atom stereocenters. The van der Waals surface area contributed by atoms with Crippen molar-refractivity contribution >= 4 is 22.0 Å². The lowest BCUT2D eigenvalue weighted by molar-refractivity contribution is 0.415. The van der Waals surface area contributed by atoms with Gasteiger partial charge in [-0.25, -0.2) is 0 Å². The van der Waals surface area contributed by atoms with Crippen molar-refractivity contribution in [2.24, 2.45) is 0 Å². The van der Waals surface area contributed by atoms with E-state index >= 15 is 0 Å². The Balaban J connectivity index is 2.52. The number of methoxy groups -OCH3 is 1. The van der Waals surface area contributed by atoms with Crippen LogP contribution >= 0.6 is 0 Å². The first-order chi connectivity index (χ1) is 7.79. The Kier molecular flexibility index (Phi) is 1.77. The maximum absolute atomic E-state index is 12.1. The van der Waals surface area contributed by atoms with E-state index in [1.807, 2.05) is 0 Å². The fourth-order valence-corrected chi connectivity index (χ4v) is 1.80. The van der Waals surface area contributed by atoms with Gasteiger partial charge in [-0.3, -0.25) is 4.79 Å². The summed E-state index contributed by atoms with van der Waals surface area (Å²) < 4.78 is 10.3. The van der Waals surface area contributed by atoms with Crippen molar-refractivity contribution in [3.8, 4) is 5.75 Å². The molecule has 0 fully saturated rings. The number of fused-ring (bicyclic) bond motifs is 2. The molecule has 3 rings (SSSR count). The monoisotopic (exact) mass is 215 g/mol. The van der Waals surface area contributed by atoms with Gasteiger partial charge in [0.05, 0.1) is 24.3 Å². The highest BCUT2D eigenvalue weighted by Crippen LogP contribution is 2.19. The van der Waals surface area contributed by atoms with Crippen molar-refractivity contribution in [3.63, 3.8) is 0 Å². The smallest absolute Gasteiger partial charge is 0.208 e. The zero-order valence-corrected chi connectivity index (χ0v) is 8.61. The van der Waals surface area contributed by atoms with E-state index in [2.05, 4.69) is 4.98 Å². The Bertz CT molecular complexity index is 724. The largest absolute Gasteiger partial charge is 0.497 e. The molecule has 0 aliphatic heterocycles. The van der Waals surface area contributed by atoms with E-state index in [0.717, 1.165) is 5.52 Å². The molecule has 0 unspecified atom stereocenters. The van der Waals surface area contributed by atoms with Gasteiger partial charge in [0.1, 0.15) is 5.75 Å². The molecule has 0 amide bonds. The molecule has 0 aliphatic rings. The highest BCUT2D eigenvalue weighted by Gasteiger charge is 2.07. The Morgan fingerprint density at radius 1 is 1.25 bits per heavy atom. The second kappa shape index (κ2) is 3.13. The number of pyridine rings is 1. The molecule has 0 spiro atoms. The molecule has 4 nitrogen and oxygen atoms in total. The van der Waals surface area contributed by atoms with Crippen LogP contribution in [0.4, 0.5) is 0 Å². The first-order valence-electron chi connectivity index (χ1n) is 4.87. The van der Waals surface area contributed by atoms with Crippen molar-refractivity contribution in [2.45, 2.75) is 0 Å². The van der Waals surface area contributed by atoms with E-state index in [-0.39, 0.29) is 5.43 Å². The zero-order chi connectivity index (χ0) is 11.1. The van der Waals surface area contributed by atoms with Crippen LogP contribution < -0.4 is 10.2 Å². The summed E-state index contributed by atoms with van der Waals surface area (Å²) in [7, 11) is 1.58. The third kappa shape index (κ3) is 1.13. The lowest BCUT2D eigenvalue weighted by Crippen LogP contribution is -2.02. The van der Waals surface area contributed by atoms with Crippen LogP contribution in [0.1, 0.15) is 0 Å². The summed E-state index contributed by atoms with van der Waals surface area (Å²) in [5, 5.41) is 1.16. The lowest BCUT2D eigenvalue weighted by Gasteiger charge is -2.01. The Labute approximate surface area is 90.4 Å². The Morgan fingerprint density at radius 2 is 2.12 bits per heavy atom. The highest BCUT2D eigenvalue weighted by molar-refractivity contribution is 5.90. The second-order valence-corrected chi connectivity index (χ2v) is 3.53. The number of nitrogens with one attached hydrogen (secondary N) is 1. The highest BCUT2D eigenvalue weighted by atomic mass is 16.5. The average molecular weight is 215 g/mol. The molecule has 80 valence electrons. The number of rotatable bonds is 1. The molecule has 0 aliphatic carbocycles. The van der Waals surface area contributed by atoms with Crippen LogP contribution in [0.25, 0.3) is 22.0 Å². The van der Waals surface area contributed by atoms with Gasteiger partial charge < -0.3 is 14.1 Å². The van der Waals surface area contributed by atoms with Crippen LogP contribution in [0.2, 0.25) is 0 Å². The molecule has 4 heteroatoms. The van der Waals surface area contributed by atoms with Gasteiger partial charge in [0.2, 0.25) is 11.1 Å². The zero-order valence-electron chi connectivity index (χ0n) is 8.61. The van der Waals surface area contributed by atoms with Crippen LogP contribution in [0.5, 0.6) is 5.75 Å². The molecule has 16 heavy (non-hydrogen) atoms. The average Bonchev–Trinajstić information content (AvgIpc) is 2.77. The molecule has 0 saturated heterocycles. The predicted molar refractivity (Wildman–Crippen MR) is 60.9 cm³/mol. The third-order valence-corrected chi connectivity index (χ3v) is 2.63. The lowest BCUT2D eigenvalue weighted by atomic mass is 10.1. The summed E-state index contributed by atoms with van der Waals surface area (Å²) in [6, 6.07) is 6.98. The summed E-state index contributed by atoms with van der Waals surface area (Å²) in [4.78, 5) is 15.1. The molecular weight excluding hydrogens is 206 g/mol. The third-order valence-electron chi connectivity index (χ3n) is 2.63. The number of furan rings is 1. The van der Waals surface area contributed by atoms with Crippen molar-refractivity contribution in [3.05, 3.63) is 40.8 Å². The number of aromatic nitrogens is 1. The summed E-state index contributed by atoms with van der Waals surface area (Å²) in [6.07, 6.45) is 1.50. The van der Waals surface area contributed by atoms with Gasteiger partial charge in [-0.2, -0.15) is 0 Å². The number of ether oxygens (including phenoxy) is 1. The van der Waals surface area contributed by atoms with E-state index in [4.69, 9.17) is 9.15 Å². The van der Waals surface area contributed by atoms with Gasteiger partial charge in [0, 0.05) is 5.39 Å². The SMILES string of the molecule is COc1ccc2[nH]c3occc3c(=O)c2c1. The van der Waals surface area contributed by atoms with Crippen molar-refractivity contribution in [1.29, 1.82) is 0 Å². The predicted octanol–water partition coefficient (Wildman–Crippen LogP) is 2.28. The molecule has 0 saturated carbocycles. The first-order valence-corrected chi connectivity index (χ1v) is 4.87. The minimum Gasteiger partial charge on any atom is -0.497 e. The first kappa shape index (κ1) is 9.03. The summed E-state index contributed by atoms with van der Waals surface area (Å²) >= 11 is 0. The molecule has 2 aromatic heterocycles. The minimum absolute atomic E-state index is 0.0450. The van der Waals surface area contributed by atoms with Crippen molar-refractivity contribution in [2.75, 3.05) is 7.11 Å². The quantitative estimate of drug-likeness (QED) is 0.677. The van der Waals surface area contributed by atoms with Crippen molar-refractivity contribution in [1.82, 2.24) is 4.98 Å². The molecule has 1 N–H and O–H groups in total. The second-order valence-electron chi connectivity index (χ2n) is 3.53. The van der Waals surface area contributed by atoms with Gasteiger partial charge in [0.25, 0.3) is 0 Å². The molecular formula is C12H9NO3. The fraction of sp³-hybridized carbons (Fsp3) is 0.0833. The molecule has 0 bridgehead atoms. The maximum atomic E-state index is 12.1. The number of H-pyrrole nitrogens is 1. The maximum Gasteiger partial charge on any atom is 0.208 e. The normalized spacial score (nSPS) is 11.1. The molecule has 1 aromatic carbocycles. The topological polar surface area (TPSA) is 55.2 Å². The van der Waals surface area contributed by atoms with Gasteiger partial charge in [-0.1, -0.05) is 0 Å². The Hall–Kier alpha value is -2.23. The van der Waals surface area contributed by atoms with E-state index < -0.39 is 0 Å². The van der Waals surface area contributed by atoms with Crippen molar-refractivity contribution < 1.29 is 9.15 Å². The van der Waals surface area contributed by atoms with Crippen LogP contribution in [-0.4, -0.2) is 12.1 Å². The molecule has 2 heterocycles.